The molecule has 0 fully saturated rings. The first-order valence-corrected chi connectivity index (χ1v) is 8.64. The number of nitrogens with zero attached hydrogens (tertiary/aromatic N) is 2. The van der Waals surface area contributed by atoms with Crippen LogP contribution in [0.5, 0.6) is 5.75 Å². The highest BCUT2D eigenvalue weighted by Gasteiger charge is 2.20. The van der Waals surface area contributed by atoms with E-state index < -0.39 is 0 Å². The number of rotatable bonds is 8. The maximum atomic E-state index is 12.3. The largest absolute Gasteiger partial charge is 0.492 e. The van der Waals surface area contributed by atoms with Gasteiger partial charge in [-0.3, -0.25) is 0 Å². The van der Waals surface area contributed by atoms with Crippen molar-refractivity contribution in [3.05, 3.63) is 29.5 Å². The maximum absolute atomic E-state index is 12.3. The molecule has 0 amide bonds. The third-order valence-corrected chi connectivity index (χ3v) is 4.51. The van der Waals surface area contributed by atoms with Crippen LogP contribution in [-0.4, -0.2) is 48.3 Å². The normalized spacial score (nSPS) is 11.2. The Morgan fingerprint density at radius 2 is 1.92 bits per heavy atom. The lowest BCUT2D eigenvalue weighted by molar-refractivity contribution is 0.0527. The van der Waals surface area contributed by atoms with E-state index in [0.717, 1.165) is 42.0 Å². The van der Waals surface area contributed by atoms with Crippen molar-refractivity contribution < 1.29 is 14.3 Å². The van der Waals surface area contributed by atoms with Gasteiger partial charge in [0.25, 0.3) is 0 Å². The summed E-state index contributed by atoms with van der Waals surface area (Å²) in [7, 11) is 1.96. The van der Waals surface area contributed by atoms with E-state index in [1.807, 2.05) is 43.7 Å². The van der Waals surface area contributed by atoms with Crippen LogP contribution < -0.4 is 4.74 Å². The third-order valence-electron chi connectivity index (χ3n) is 4.51. The topological polar surface area (TPSA) is 43.7 Å². The fourth-order valence-electron chi connectivity index (χ4n) is 2.93. The van der Waals surface area contributed by atoms with Gasteiger partial charge in [-0.05, 0) is 45.1 Å². The van der Waals surface area contributed by atoms with Crippen LogP contribution in [0, 0.1) is 6.92 Å². The predicted octanol–water partition coefficient (Wildman–Crippen LogP) is 3.38. The molecule has 0 N–H and O–H groups in total. The Morgan fingerprint density at radius 3 is 2.54 bits per heavy atom. The number of carbonyl (C=O) groups is 1. The van der Waals surface area contributed by atoms with Crippen LogP contribution in [-0.2, 0) is 11.8 Å². The average molecular weight is 332 g/mol. The molecule has 132 valence electrons. The van der Waals surface area contributed by atoms with Crippen molar-refractivity contribution in [2.45, 2.75) is 27.7 Å². The molecule has 0 saturated heterocycles. The van der Waals surface area contributed by atoms with Crippen LogP contribution in [0.15, 0.2) is 18.2 Å². The summed E-state index contributed by atoms with van der Waals surface area (Å²) in [5.74, 6) is 0.506. The van der Waals surface area contributed by atoms with E-state index in [-0.39, 0.29) is 5.97 Å². The lowest BCUT2D eigenvalue weighted by atomic mass is 10.1. The van der Waals surface area contributed by atoms with Crippen molar-refractivity contribution in [2.75, 3.05) is 32.8 Å². The smallest absolute Gasteiger partial charge is 0.340 e. The molecule has 0 radical (unpaired) electrons. The molecule has 1 aromatic carbocycles. The van der Waals surface area contributed by atoms with Crippen LogP contribution in [0.4, 0.5) is 0 Å². The minimum Gasteiger partial charge on any atom is -0.492 e. The number of aromatic nitrogens is 1. The number of hydrogen-bond acceptors (Lipinski definition) is 4. The maximum Gasteiger partial charge on any atom is 0.340 e. The summed E-state index contributed by atoms with van der Waals surface area (Å²) < 4.78 is 13.1. The van der Waals surface area contributed by atoms with E-state index in [9.17, 15) is 4.79 Å². The van der Waals surface area contributed by atoms with Gasteiger partial charge in [0.1, 0.15) is 12.4 Å². The fourth-order valence-corrected chi connectivity index (χ4v) is 2.93. The van der Waals surface area contributed by atoms with Gasteiger partial charge in [-0.1, -0.05) is 13.8 Å². The second-order valence-corrected chi connectivity index (χ2v) is 5.79. The number of fused-ring (bicyclic) bond motifs is 1. The van der Waals surface area contributed by atoms with Gasteiger partial charge < -0.3 is 18.9 Å². The lowest BCUT2D eigenvalue weighted by Crippen LogP contribution is -2.27. The summed E-state index contributed by atoms with van der Waals surface area (Å²) in [4.78, 5) is 14.6. The zero-order chi connectivity index (χ0) is 17.7. The van der Waals surface area contributed by atoms with E-state index in [0.29, 0.717) is 18.8 Å². The molecule has 2 rings (SSSR count). The SMILES string of the molecule is CCOC(=O)c1c(C)n(C)c2ccc(OCCN(CC)CC)cc12. The molecule has 5 nitrogen and oxygen atoms in total. The highest BCUT2D eigenvalue weighted by Crippen LogP contribution is 2.29. The van der Waals surface area contributed by atoms with Crippen molar-refractivity contribution in [3.63, 3.8) is 0 Å². The van der Waals surface area contributed by atoms with Gasteiger partial charge in [0.2, 0.25) is 0 Å². The highest BCUT2D eigenvalue weighted by molar-refractivity contribution is 6.06. The van der Waals surface area contributed by atoms with Gasteiger partial charge in [0.15, 0.2) is 0 Å². The molecule has 2 aromatic rings. The van der Waals surface area contributed by atoms with E-state index in [1.54, 1.807) is 0 Å². The van der Waals surface area contributed by atoms with Crippen LogP contribution in [0.2, 0.25) is 0 Å². The summed E-state index contributed by atoms with van der Waals surface area (Å²) in [5, 5.41) is 0.883. The molecule has 0 spiro atoms. The highest BCUT2D eigenvalue weighted by atomic mass is 16.5. The third kappa shape index (κ3) is 3.73. The molecule has 0 saturated carbocycles. The number of aryl methyl sites for hydroxylation is 1. The molecular weight excluding hydrogens is 304 g/mol. The Labute approximate surface area is 144 Å². The number of ether oxygens (including phenoxy) is 2. The van der Waals surface area contributed by atoms with Gasteiger partial charge >= 0.3 is 5.97 Å². The Hall–Kier alpha value is -2.01. The summed E-state index contributed by atoms with van der Waals surface area (Å²) in [6, 6.07) is 5.90. The summed E-state index contributed by atoms with van der Waals surface area (Å²) in [6.07, 6.45) is 0. The molecule has 1 heterocycles. The standard InChI is InChI=1S/C19H28N2O3/c1-6-21(7-2)11-12-24-15-9-10-17-16(13-15)18(14(4)20(17)5)19(22)23-8-3/h9-10,13H,6-8,11-12H2,1-5H3. The average Bonchev–Trinajstić information content (AvgIpc) is 2.83. The van der Waals surface area contributed by atoms with E-state index in [2.05, 4.69) is 18.7 Å². The zero-order valence-corrected chi connectivity index (χ0v) is 15.4. The first-order valence-electron chi connectivity index (χ1n) is 8.64. The zero-order valence-electron chi connectivity index (χ0n) is 15.4. The molecule has 24 heavy (non-hydrogen) atoms. The van der Waals surface area contributed by atoms with Gasteiger partial charge in [-0.15, -0.1) is 0 Å². The molecule has 0 bridgehead atoms. The van der Waals surface area contributed by atoms with Crippen molar-refractivity contribution >= 4 is 16.9 Å². The summed E-state index contributed by atoms with van der Waals surface area (Å²) in [6.45, 7) is 12.0. The van der Waals surface area contributed by atoms with Crippen LogP contribution >= 0.6 is 0 Å². The molecule has 1 aromatic heterocycles. The Bertz CT molecular complexity index is 702. The predicted molar refractivity (Wildman–Crippen MR) is 96.9 cm³/mol. The minimum atomic E-state index is -0.277. The molecule has 0 aliphatic heterocycles. The van der Waals surface area contributed by atoms with E-state index in [1.165, 1.54) is 0 Å². The Kier molecular flexibility index (Phi) is 6.26. The second-order valence-electron chi connectivity index (χ2n) is 5.79. The van der Waals surface area contributed by atoms with Crippen molar-refractivity contribution in [1.82, 2.24) is 9.47 Å². The summed E-state index contributed by atoms with van der Waals surface area (Å²) >= 11 is 0. The molecule has 5 heteroatoms. The second kappa shape index (κ2) is 8.20. The molecule has 0 aliphatic rings. The summed E-state index contributed by atoms with van der Waals surface area (Å²) in [5.41, 5.74) is 2.54. The van der Waals surface area contributed by atoms with E-state index in [4.69, 9.17) is 9.47 Å². The van der Waals surface area contributed by atoms with Crippen molar-refractivity contribution in [3.8, 4) is 5.75 Å². The molecule has 0 atom stereocenters. The number of likely N-dealkylation sites (N-methyl/N-ethyl adjacent to an activating group) is 1. The minimum absolute atomic E-state index is 0.277. The number of hydrogen-bond donors (Lipinski definition) is 0. The van der Waals surface area contributed by atoms with Gasteiger partial charge in [0, 0.05) is 30.2 Å². The Balaban J connectivity index is 2.25. The molecule has 0 unspecified atom stereocenters. The number of benzene rings is 1. The monoisotopic (exact) mass is 332 g/mol. The van der Waals surface area contributed by atoms with Crippen LogP contribution in [0.25, 0.3) is 10.9 Å². The fraction of sp³-hybridized carbons (Fsp3) is 0.526. The van der Waals surface area contributed by atoms with Crippen molar-refractivity contribution in [2.24, 2.45) is 7.05 Å². The van der Waals surface area contributed by atoms with Crippen molar-refractivity contribution in [1.29, 1.82) is 0 Å². The van der Waals surface area contributed by atoms with Crippen LogP contribution in [0.1, 0.15) is 36.8 Å². The Morgan fingerprint density at radius 1 is 1.21 bits per heavy atom. The molecule has 0 aliphatic carbocycles. The van der Waals surface area contributed by atoms with Gasteiger partial charge in [-0.25, -0.2) is 4.79 Å². The lowest BCUT2D eigenvalue weighted by Gasteiger charge is -2.18. The van der Waals surface area contributed by atoms with Crippen LogP contribution in [0.3, 0.4) is 0 Å². The quantitative estimate of drug-likeness (QED) is 0.695. The first kappa shape index (κ1) is 18.3. The van der Waals surface area contributed by atoms with E-state index >= 15 is 0 Å². The number of carbonyl (C=O) groups excluding carboxylic acids is 1. The number of esters is 1. The van der Waals surface area contributed by atoms with Gasteiger partial charge in [0.05, 0.1) is 12.2 Å². The van der Waals surface area contributed by atoms with Gasteiger partial charge in [-0.2, -0.15) is 0 Å². The molecular formula is C19H28N2O3. The first-order chi connectivity index (χ1) is 11.5.